The first-order valence-electron chi connectivity index (χ1n) is 14.7. The molecule has 4 heterocycles. The highest BCUT2D eigenvalue weighted by molar-refractivity contribution is 8.00. The number of carboxylic acid groups (broad SMARTS) is 1. The molecule has 2 aromatic carbocycles. The molecule has 7 nitrogen and oxygen atoms in total. The van der Waals surface area contributed by atoms with E-state index in [9.17, 15) is 9.90 Å². The molecule has 0 radical (unpaired) electrons. The molecule has 224 valence electrons. The SMILES string of the molecule is CC(C)(C)Sc1cn(Cc2ccc3ccccc3n2)c2ncc(OCc3ccc4ccccc4n3)c(CC(C)(C)C(=O)O)c12. The standard InChI is InChI=1S/C36H36N4O3S/c1-35(2,3)44-31-21-40(20-25-16-14-23-10-6-8-12-28(23)38-25)33-32(31)27(18-36(4,5)34(41)42)30(19-37-33)43-22-26-17-15-24-11-7-9-13-29(24)39-26/h6-17,19,21H,18,20,22H2,1-5H3,(H,41,42). The molecule has 0 fully saturated rings. The maximum Gasteiger partial charge on any atom is 0.309 e. The summed E-state index contributed by atoms with van der Waals surface area (Å²) < 4.78 is 8.44. The Morgan fingerprint density at radius 1 is 0.864 bits per heavy atom. The Labute approximate surface area is 261 Å². The number of ether oxygens (including phenoxy) is 1. The molecule has 0 aliphatic rings. The zero-order chi connectivity index (χ0) is 31.1. The maximum atomic E-state index is 12.4. The number of carboxylic acids is 1. The number of fused-ring (bicyclic) bond motifs is 3. The lowest BCUT2D eigenvalue weighted by Gasteiger charge is -2.23. The van der Waals surface area contributed by atoms with Crippen molar-refractivity contribution in [2.45, 2.75) is 63.8 Å². The van der Waals surface area contributed by atoms with Crippen molar-refractivity contribution in [3.05, 3.63) is 102 Å². The Balaban J connectivity index is 1.45. The van der Waals surface area contributed by atoms with Gasteiger partial charge in [-0.2, -0.15) is 0 Å². The van der Waals surface area contributed by atoms with Gasteiger partial charge in [-0.05, 0) is 44.5 Å². The molecule has 0 spiro atoms. The van der Waals surface area contributed by atoms with Gasteiger partial charge in [-0.3, -0.25) is 9.78 Å². The zero-order valence-electron chi connectivity index (χ0n) is 25.7. The molecule has 0 amide bonds. The Bertz CT molecular complexity index is 2010. The number of pyridine rings is 3. The molecule has 0 bridgehead atoms. The second-order valence-electron chi connectivity index (χ2n) is 12.8. The van der Waals surface area contributed by atoms with E-state index in [4.69, 9.17) is 19.7 Å². The van der Waals surface area contributed by atoms with Crippen molar-refractivity contribution < 1.29 is 14.6 Å². The summed E-state index contributed by atoms with van der Waals surface area (Å²) in [5.41, 5.74) is 4.14. The first-order chi connectivity index (χ1) is 21.0. The van der Waals surface area contributed by atoms with Crippen LogP contribution in [-0.4, -0.2) is 35.3 Å². The minimum absolute atomic E-state index is 0.0915. The summed E-state index contributed by atoms with van der Waals surface area (Å²) in [6.45, 7) is 10.8. The molecular weight excluding hydrogens is 568 g/mol. The molecule has 6 aromatic rings. The van der Waals surface area contributed by atoms with Gasteiger partial charge in [0, 0.05) is 37.6 Å². The highest BCUT2D eigenvalue weighted by Gasteiger charge is 2.32. The maximum absolute atomic E-state index is 12.4. The van der Waals surface area contributed by atoms with Crippen molar-refractivity contribution in [3.63, 3.8) is 0 Å². The number of nitrogens with zero attached hydrogens (tertiary/aromatic N) is 4. The fraction of sp³-hybridized carbons (Fsp3) is 0.278. The van der Waals surface area contributed by atoms with E-state index in [1.807, 2.05) is 60.7 Å². The monoisotopic (exact) mass is 604 g/mol. The number of rotatable bonds is 9. The van der Waals surface area contributed by atoms with Gasteiger partial charge in [-0.1, -0.05) is 69.3 Å². The lowest BCUT2D eigenvalue weighted by atomic mass is 9.85. The normalized spacial score (nSPS) is 12.3. The van der Waals surface area contributed by atoms with Gasteiger partial charge in [-0.25, -0.2) is 9.97 Å². The number of aromatic nitrogens is 4. The molecule has 0 aliphatic heterocycles. The molecule has 0 saturated carbocycles. The molecule has 0 aliphatic carbocycles. The van der Waals surface area contributed by atoms with Gasteiger partial charge >= 0.3 is 5.97 Å². The van der Waals surface area contributed by atoms with Gasteiger partial charge in [0.15, 0.2) is 0 Å². The van der Waals surface area contributed by atoms with Gasteiger partial charge in [0.2, 0.25) is 0 Å². The average molecular weight is 605 g/mol. The molecule has 6 rings (SSSR count). The number of aliphatic carboxylic acids is 1. The number of carbonyl (C=O) groups is 1. The molecule has 1 N–H and O–H groups in total. The van der Waals surface area contributed by atoms with E-state index >= 15 is 0 Å². The van der Waals surface area contributed by atoms with E-state index in [-0.39, 0.29) is 17.8 Å². The Morgan fingerprint density at radius 2 is 1.48 bits per heavy atom. The third-order valence-electron chi connectivity index (χ3n) is 7.55. The fourth-order valence-electron chi connectivity index (χ4n) is 5.32. The van der Waals surface area contributed by atoms with Crippen LogP contribution < -0.4 is 4.74 Å². The third kappa shape index (κ3) is 6.26. The summed E-state index contributed by atoms with van der Waals surface area (Å²) in [6.07, 6.45) is 4.13. The minimum Gasteiger partial charge on any atom is -0.485 e. The number of benzene rings is 2. The Hall–Kier alpha value is -4.43. The first-order valence-corrected chi connectivity index (χ1v) is 15.5. The van der Waals surface area contributed by atoms with E-state index in [1.165, 1.54) is 0 Å². The summed E-state index contributed by atoms with van der Waals surface area (Å²) in [5.74, 6) is -0.298. The van der Waals surface area contributed by atoms with Crippen LogP contribution in [-0.2, 0) is 24.4 Å². The zero-order valence-corrected chi connectivity index (χ0v) is 26.5. The Kier molecular flexibility index (Phi) is 7.80. The van der Waals surface area contributed by atoms with E-state index < -0.39 is 11.4 Å². The molecular formula is C36H36N4O3S. The predicted octanol–water partition coefficient (Wildman–Crippen LogP) is 8.30. The molecule has 44 heavy (non-hydrogen) atoms. The van der Waals surface area contributed by atoms with Crippen molar-refractivity contribution in [2.75, 3.05) is 0 Å². The van der Waals surface area contributed by atoms with Gasteiger partial charge < -0.3 is 14.4 Å². The lowest BCUT2D eigenvalue weighted by molar-refractivity contribution is -0.146. The van der Waals surface area contributed by atoms with Crippen molar-refractivity contribution in [3.8, 4) is 5.75 Å². The van der Waals surface area contributed by atoms with E-state index in [2.05, 4.69) is 43.7 Å². The fourth-order valence-corrected chi connectivity index (χ4v) is 6.48. The number of hydrogen-bond acceptors (Lipinski definition) is 6. The second-order valence-corrected chi connectivity index (χ2v) is 14.6. The van der Waals surface area contributed by atoms with Crippen LogP contribution in [0.2, 0.25) is 0 Å². The number of para-hydroxylation sites is 2. The van der Waals surface area contributed by atoms with Crippen LogP contribution >= 0.6 is 11.8 Å². The van der Waals surface area contributed by atoms with Crippen molar-refractivity contribution >= 4 is 50.6 Å². The molecule has 0 unspecified atom stereocenters. The van der Waals surface area contributed by atoms with Crippen LogP contribution in [0.25, 0.3) is 32.8 Å². The average Bonchev–Trinajstić information content (AvgIpc) is 3.31. The van der Waals surface area contributed by atoms with Crippen LogP contribution in [0.5, 0.6) is 5.75 Å². The topological polar surface area (TPSA) is 90.1 Å². The summed E-state index contributed by atoms with van der Waals surface area (Å²) in [5, 5.41) is 13.2. The van der Waals surface area contributed by atoms with Gasteiger partial charge in [-0.15, -0.1) is 11.8 Å². The predicted molar refractivity (Wildman–Crippen MR) is 177 cm³/mol. The van der Waals surface area contributed by atoms with E-state index in [0.717, 1.165) is 54.7 Å². The quantitative estimate of drug-likeness (QED) is 0.166. The van der Waals surface area contributed by atoms with Gasteiger partial charge in [0.25, 0.3) is 0 Å². The second kappa shape index (κ2) is 11.6. The molecule has 0 atom stereocenters. The van der Waals surface area contributed by atoms with Gasteiger partial charge in [0.05, 0.1) is 40.6 Å². The van der Waals surface area contributed by atoms with Crippen molar-refractivity contribution in [1.29, 1.82) is 0 Å². The van der Waals surface area contributed by atoms with Crippen LogP contribution in [0.15, 0.2) is 90.1 Å². The molecule has 8 heteroatoms. The smallest absolute Gasteiger partial charge is 0.309 e. The van der Waals surface area contributed by atoms with Crippen LogP contribution in [0.3, 0.4) is 0 Å². The lowest BCUT2D eigenvalue weighted by Crippen LogP contribution is -2.26. The van der Waals surface area contributed by atoms with Crippen LogP contribution in [0, 0.1) is 5.41 Å². The van der Waals surface area contributed by atoms with Crippen LogP contribution in [0.4, 0.5) is 0 Å². The van der Waals surface area contributed by atoms with Gasteiger partial charge in [0.1, 0.15) is 18.0 Å². The highest BCUT2D eigenvalue weighted by Crippen LogP contribution is 2.43. The van der Waals surface area contributed by atoms with E-state index in [0.29, 0.717) is 12.3 Å². The summed E-state index contributed by atoms with van der Waals surface area (Å²) in [7, 11) is 0. The highest BCUT2D eigenvalue weighted by atomic mass is 32.2. The summed E-state index contributed by atoms with van der Waals surface area (Å²) >= 11 is 1.74. The molecule has 0 saturated heterocycles. The largest absolute Gasteiger partial charge is 0.485 e. The minimum atomic E-state index is -1.03. The number of hydrogen-bond donors (Lipinski definition) is 1. The third-order valence-corrected chi connectivity index (χ3v) is 8.69. The number of thioether (sulfide) groups is 1. The summed E-state index contributed by atoms with van der Waals surface area (Å²) in [4.78, 5) is 28.0. The molecule has 4 aromatic heterocycles. The summed E-state index contributed by atoms with van der Waals surface area (Å²) in [6, 6.07) is 24.2. The van der Waals surface area contributed by atoms with Crippen molar-refractivity contribution in [2.24, 2.45) is 5.41 Å². The first kappa shape index (κ1) is 29.6. The van der Waals surface area contributed by atoms with Crippen molar-refractivity contribution in [1.82, 2.24) is 19.5 Å². The Morgan fingerprint density at radius 3 is 2.11 bits per heavy atom. The van der Waals surface area contributed by atoms with E-state index in [1.54, 1.807) is 31.8 Å². The van der Waals surface area contributed by atoms with Crippen LogP contribution in [0.1, 0.15) is 51.6 Å².